The number of benzene rings is 2. The van der Waals surface area contributed by atoms with Crippen LogP contribution in [0.1, 0.15) is 23.2 Å². The highest BCUT2D eigenvalue weighted by atomic mass is 16.2. The Bertz CT molecular complexity index is 988. The Morgan fingerprint density at radius 1 is 1.04 bits per heavy atom. The second-order valence-electron chi connectivity index (χ2n) is 6.86. The van der Waals surface area contributed by atoms with E-state index >= 15 is 0 Å². The Kier molecular flexibility index (Phi) is 4.94. The van der Waals surface area contributed by atoms with Crippen LogP contribution in [-0.2, 0) is 0 Å². The number of likely N-dealkylation sites (tertiary alicyclic amines) is 1. The van der Waals surface area contributed by atoms with Crippen molar-refractivity contribution in [1.82, 2.24) is 15.3 Å². The Balaban J connectivity index is 1.67. The topological polar surface area (TPSA) is 57.6 Å². The summed E-state index contributed by atoms with van der Waals surface area (Å²) in [6, 6.07) is 19.5. The second kappa shape index (κ2) is 7.68. The van der Waals surface area contributed by atoms with E-state index in [1.165, 1.54) is 0 Å². The lowest BCUT2D eigenvalue weighted by Gasteiger charge is -2.22. The molecule has 0 saturated carbocycles. The molecule has 5 heteroatoms. The van der Waals surface area contributed by atoms with Crippen molar-refractivity contribution in [3.05, 3.63) is 66.2 Å². The number of nitrogens with one attached hydrogen (secondary N) is 1. The maximum Gasteiger partial charge on any atom is 0.272 e. The maximum absolute atomic E-state index is 12.9. The van der Waals surface area contributed by atoms with Gasteiger partial charge in [0.05, 0.1) is 16.8 Å². The number of amides is 1. The molecule has 0 aliphatic carbocycles. The third-order valence-corrected chi connectivity index (χ3v) is 4.91. The summed E-state index contributed by atoms with van der Waals surface area (Å²) in [5.41, 5.74) is 6.97. The molecule has 1 aliphatic rings. The summed E-state index contributed by atoms with van der Waals surface area (Å²) in [5, 5.41) is 5.20. The minimum atomic E-state index is -0.197. The molecule has 1 fully saturated rings. The molecule has 1 aliphatic heterocycles. The predicted octanol–water partition coefficient (Wildman–Crippen LogP) is 3.71. The summed E-state index contributed by atoms with van der Waals surface area (Å²) < 4.78 is 0. The van der Waals surface area contributed by atoms with Gasteiger partial charge in [0.15, 0.2) is 0 Å². The zero-order valence-corrected chi connectivity index (χ0v) is 15.4. The van der Waals surface area contributed by atoms with Crippen molar-refractivity contribution in [2.45, 2.75) is 12.8 Å². The molecule has 1 saturated heterocycles. The van der Waals surface area contributed by atoms with Crippen LogP contribution in [0.15, 0.2) is 65.8 Å². The quantitative estimate of drug-likeness (QED) is 0.726. The maximum atomic E-state index is 12.9. The van der Waals surface area contributed by atoms with Crippen molar-refractivity contribution in [2.75, 3.05) is 20.1 Å². The molecule has 27 heavy (non-hydrogen) atoms. The van der Waals surface area contributed by atoms with Crippen molar-refractivity contribution in [3.63, 3.8) is 0 Å². The molecule has 1 aromatic heterocycles. The second-order valence-corrected chi connectivity index (χ2v) is 6.86. The number of nitrogens with zero attached hydrogens (tertiary/aromatic N) is 3. The molecule has 2 heterocycles. The number of hydrogen-bond acceptors (Lipinski definition) is 4. The van der Waals surface area contributed by atoms with Gasteiger partial charge < -0.3 is 4.90 Å². The number of para-hydroxylation sites is 1. The van der Waals surface area contributed by atoms with E-state index in [0.29, 0.717) is 5.56 Å². The number of carbonyl (C=O) groups is 1. The van der Waals surface area contributed by atoms with Crippen LogP contribution in [0.3, 0.4) is 0 Å². The van der Waals surface area contributed by atoms with Crippen LogP contribution in [0, 0.1) is 0 Å². The van der Waals surface area contributed by atoms with Crippen LogP contribution >= 0.6 is 0 Å². The Labute approximate surface area is 158 Å². The number of fused-ring (bicyclic) bond motifs is 1. The fourth-order valence-electron chi connectivity index (χ4n) is 3.30. The van der Waals surface area contributed by atoms with Crippen molar-refractivity contribution >= 4 is 22.5 Å². The van der Waals surface area contributed by atoms with Crippen LogP contribution in [-0.4, -0.2) is 41.6 Å². The number of rotatable bonds is 3. The fourth-order valence-corrected chi connectivity index (χ4v) is 3.30. The lowest BCUT2D eigenvalue weighted by Crippen LogP contribution is -2.32. The number of hydrogen-bond donors (Lipinski definition) is 1. The minimum absolute atomic E-state index is 0.197. The summed E-state index contributed by atoms with van der Waals surface area (Å²) in [7, 11) is 2.10. The van der Waals surface area contributed by atoms with Gasteiger partial charge in [-0.1, -0.05) is 48.5 Å². The largest absolute Gasteiger partial charge is 0.306 e. The van der Waals surface area contributed by atoms with E-state index in [0.717, 1.165) is 53.8 Å². The average molecular weight is 358 g/mol. The van der Waals surface area contributed by atoms with Gasteiger partial charge in [-0.2, -0.15) is 5.10 Å². The van der Waals surface area contributed by atoms with Gasteiger partial charge in [-0.05, 0) is 19.2 Å². The normalized spacial score (nSPS) is 14.9. The van der Waals surface area contributed by atoms with Crippen LogP contribution < -0.4 is 5.43 Å². The van der Waals surface area contributed by atoms with Gasteiger partial charge in [0.1, 0.15) is 0 Å². The number of aromatic nitrogens is 1. The zero-order valence-electron chi connectivity index (χ0n) is 15.4. The van der Waals surface area contributed by atoms with E-state index in [-0.39, 0.29) is 5.91 Å². The number of piperidine rings is 1. The molecule has 0 atom stereocenters. The van der Waals surface area contributed by atoms with E-state index in [9.17, 15) is 4.79 Å². The van der Waals surface area contributed by atoms with E-state index in [2.05, 4.69) is 22.5 Å². The minimum Gasteiger partial charge on any atom is -0.306 e. The summed E-state index contributed by atoms with van der Waals surface area (Å²) in [4.78, 5) is 19.9. The molecule has 1 amide bonds. The van der Waals surface area contributed by atoms with Crippen LogP contribution in [0.2, 0.25) is 0 Å². The molecule has 0 spiro atoms. The lowest BCUT2D eigenvalue weighted by atomic mass is 10.0. The average Bonchev–Trinajstić information content (AvgIpc) is 2.73. The molecule has 0 radical (unpaired) electrons. The highest BCUT2D eigenvalue weighted by molar-refractivity contribution is 6.07. The van der Waals surface area contributed by atoms with Crippen molar-refractivity contribution in [3.8, 4) is 11.3 Å². The third kappa shape index (κ3) is 3.88. The van der Waals surface area contributed by atoms with Gasteiger partial charge in [-0.25, -0.2) is 10.4 Å². The van der Waals surface area contributed by atoms with E-state index in [1.54, 1.807) is 0 Å². The highest BCUT2D eigenvalue weighted by Gasteiger charge is 2.15. The van der Waals surface area contributed by atoms with Gasteiger partial charge in [-0.15, -0.1) is 0 Å². The highest BCUT2D eigenvalue weighted by Crippen LogP contribution is 2.24. The van der Waals surface area contributed by atoms with Gasteiger partial charge in [0.25, 0.3) is 5.91 Å². The Hall–Kier alpha value is -3.05. The molecule has 0 bridgehead atoms. The molecule has 136 valence electrons. The molecular formula is C22H22N4O. The first kappa shape index (κ1) is 17.4. The third-order valence-electron chi connectivity index (χ3n) is 4.91. The van der Waals surface area contributed by atoms with Crippen molar-refractivity contribution in [2.24, 2.45) is 5.10 Å². The molecule has 5 nitrogen and oxygen atoms in total. The summed E-state index contributed by atoms with van der Waals surface area (Å²) >= 11 is 0. The van der Waals surface area contributed by atoms with Crippen LogP contribution in [0.4, 0.5) is 0 Å². The van der Waals surface area contributed by atoms with Gasteiger partial charge in [0.2, 0.25) is 0 Å². The molecule has 1 N–H and O–H groups in total. The molecule has 2 aromatic carbocycles. The zero-order chi connectivity index (χ0) is 18.6. The van der Waals surface area contributed by atoms with Crippen LogP contribution in [0.25, 0.3) is 22.2 Å². The van der Waals surface area contributed by atoms with E-state index in [4.69, 9.17) is 4.98 Å². The van der Waals surface area contributed by atoms with Crippen LogP contribution in [0.5, 0.6) is 0 Å². The van der Waals surface area contributed by atoms with Gasteiger partial charge in [-0.3, -0.25) is 4.79 Å². The van der Waals surface area contributed by atoms with Gasteiger partial charge >= 0.3 is 0 Å². The molecule has 3 aromatic rings. The first-order chi connectivity index (χ1) is 13.2. The monoisotopic (exact) mass is 358 g/mol. The number of carbonyl (C=O) groups excluding carboxylic acids is 1. The molecular weight excluding hydrogens is 336 g/mol. The molecule has 0 unspecified atom stereocenters. The van der Waals surface area contributed by atoms with E-state index < -0.39 is 0 Å². The fraction of sp³-hybridized carbons (Fsp3) is 0.227. The first-order valence-corrected chi connectivity index (χ1v) is 9.20. The van der Waals surface area contributed by atoms with Crippen molar-refractivity contribution in [1.29, 1.82) is 0 Å². The first-order valence-electron chi connectivity index (χ1n) is 9.20. The Morgan fingerprint density at radius 2 is 1.74 bits per heavy atom. The van der Waals surface area contributed by atoms with E-state index in [1.807, 2.05) is 60.7 Å². The standard InChI is InChI=1S/C22H22N4O/c1-26-13-11-17(12-14-26)24-25-22(27)19-15-21(16-7-3-2-4-8-16)23-20-10-6-5-9-18(19)20/h2-10,15H,11-14H2,1H3,(H,25,27). The summed E-state index contributed by atoms with van der Waals surface area (Å²) in [6.45, 7) is 1.95. The molecule has 4 rings (SSSR count). The summed E-state index contributed by atoms with van der Waals surface area (Å²) in [6.07, 6.45) is 1.78. The lowest BCUT2D eigenvalue weighted by molar-refractivity contribution is 0.0956. The summed E-state index contributed by atoms with van der Waals surface area (Å²) in [5.74, 6) is -0.197. The SMILES string of the molecule is CN1CCC(=NNC(=O)c2cc(-c3ccccc3)nc3ccccc23)CC1. The number of hydrazone groups is 1. The smallest absolute Gasteiger partial charge is 0.272 e. The van der Waals surface area contributed by atoms with Crippen molar-refractivity contribution < 1.29 is 4.79 Å². The predicted molar refractivity (Wildman–Crippen MR) is 109 cm³/mol. The Morgan fingerprint density at radius 3 is 2.52 bits per heavy atom. The number of pyridine rings is 1. The van der Waals surface area contributed by atoms with Gasteiger partial charge in [0, 0.05) is 42.6 Å².